The van der Waals surface area contributed by atoms with E-state index in [0.717, 1.165) is 0 Å². The number of carbonyl (C=O) groups excluding carboxylic acids is 1. The van der Waals surface area contributed by atoms with Gasteiger partial charge in [-0.1, -0.05) is 6.07 Å². The van der Waals surface area contributed by atoms with Crippen molar-refractivity contribution in [2.75, 3.05) is 5.32 Å². The maximum absolute atomic E-state index is 12.2. The van der Waals surface area contributed by atoms with Crippen LogP contribution in [0.2, 0.25) is 0 Å². The highest BCUT2D eigenvalue weighted by Gasteiger charge is 2.20. The first-order chi connectivity index (χ1) is 10.4. The lowest BCUT2D eigenvalue weighted by Crippen LogP contribution is -2.16. The molecule has 0 fully saturated rings. The molecule has 0 atom stereocenters. The van der Waals surface area contributed by atoms with Gasteiger partial charge < -0.3 is 5.32 Å². The first-order valence-electron chi connectivity index (χ1n) is 6.49. The molecule has 1 N–H and O–H groups in total. The van der Waals surface area contributed by atoms with Crippen molar-refractivity contribution in [1.29, 1.82) is 5.26 Å². The Kier molecular flexibility index (Phi) is 4.64. The average molecular weight is 334 g/mol. The Labute approximate surface area is 133 Å². The van der Waals surface area contributed by atoms with Gasteiger partial charge in [-0.05, 0) is 43.5 Å². The molecule has 0 radical (unpaired) electrons. The molecule has 1 aromatic heterocycles. The smallest absolute Gasteiger partial charge is 0.256 e. The van der Waals surface area contributed by atoms with Gasteiger partial charge in [0.1, 0.15) is 11.1 Å². The molecule has 22 heavy (non-hydrogen) atoms. The first-order valence-corrected chi connectivity index (χ1v) is 8.91. The van der Waals surface area contributed by atoms with Crippen LogP contribution in [0.1, 0.15) is 29.8 Å². The third kappa shape index (κ3) is 3.18. The number of thiophene rings is 1. The number of sulfone groups is 1. The van der Waals surface area contributed by atoms with Crippen molar-refractivity contribution in [3.8, 4) is 6.07 Å². The normalized spacial score (nSPS) is 11.2. The maximum Gasteiger partial charge on any atom is 0.256 e. The van der Waals surface area contributed by atoms with Crippen LogP contribution in [0, 0.1) is 11.3 Å². The van der Waals surface area contributed by atoms with Gasteiger partial charge in [0.25, 0.3) is 5.91 Å². The van der Waals surface area contributed by atoms with E-state index in [-0.39, 0.29) is 10.5 Å². The van der Waals surface area contributed by atoms with Crippen molar-refractivity contribution >= 4 is 32.1 Å². The van der Waals surface area contributed by atoms with Crippen molar-refractivity contribution < 1.29 is 13.2 Å². The highest BCUT2D eigenvalue weighted by atomic mass is 32.2. The van der Waals surface area contributed by atoms with Gasteiger partial charge in [-0.15, -0.1) is 11.3 Å². The zero-order valence-corrected chi connectivity index (χ0v) is 13.7. The van der Waals surface area contributed by atoms with Crippen LogP contribution in [0.5, 0.6) is 0 Å². The van der Waals surface area contributed by atoms with Gasteiger partial charge in [0.05, 0.1) is 15.7 Å². The van der Waals surface area contributed by atoms with Crippen LogP contribution in [0.25, 0.3) is 0 Å². The largest absolute Gasteiger partial charge is 0.312 e. The molecule has 0 saturated carbocycles. The summed E-state index contributed by atoms with van der Waals surface area (Å²) in [5.41, 5.74) is 0.614. The summed E-state index contributed by atoms with van der Waals surface area (Å²) in [5.74, 6) is -0.445. The van der Waals surface area contributed by atoms with Crippen LogP contribution >= 0.6 is 11.3 Å². The molecule has 1 heterocycles. The molecule has 0 aliphatic carbocycles. The number of nitrogens with one attached hydrogen (secondary N) is 1. The summed E-state index contributed by atoms with van der Waals surface area (Å²) in [5, 5.41) is 13.1. The van der Waals surface area contributed by atoms with Gasteiger partial charge in [0, 0.05) is 5.56 Å². The zero-order chi connectivity index (χ0) is 16.3. The van der Waals surface area contributed by atoms with Gasteiger partial charge in [0.2, 0.25) is 0 Å². The number of rotatable bonds is 4. The van der Waals surface area contributed by atoms with Crippen LogP contribution in [-0.2, 0) is 9.84 Å². The molecule has 2 rings (SSSR count). The van der Waals surface area contributed by atoms with Crippen molar-refractivity contribution in [2.24, 2.45) is 0 Å². The fourth-order valence-electron chi connectivity index (χ4n) is 1.76. The van der Waals surface area contributed by atoms with E-state index in [1.807, 2.05) is 6.07 Å². The van der Waals surface area contributed by atoms with E-state index in [4.69, 9.17) is 5.26 Å². The predicted molar refractivity (Wildman–Crippen MR) is 85.8 cm³/mol. The molecule has 0 bridgehead atoms. The number of anilines is 1. The molecular weight excluding hydrogens is 320 g/mol. The fourth-order valence-corrected chi connectivity index (χ4v) is 3.59. The Balaban J connectivity index is 2.31. The predicted octanol–water partition coefficient (Wildman–Crippen LogP) is 3.05. The number of hydrogen-bond acceptors (Lipinski definition) is 5. The third-order valence-corrected chi connectivity index (χ3v) is 6.04. The molecule has 0 saturated heterocycles. The highest BCUT2D eigenvalue weighted by molar-refractivity contribution is 7.92. The van der Waals surface area contributed by atoms with Crippen LogP contribution in [0.15, 0.2) is 40.6 Å². The number of amides is 1. The molecule has 5 nitrogen and oxygen atoms in total. The minimum Gasteiger partial charge on any atom is -0.312 e. The fraction of sp³-hybridized carbons (Fsp3) is 0.200. The Bertz CT molecular complexity index is 846. The summed E-state index contributed by atoms with van der Waals surface area (Å²) in [6.45, 7) is 3.18. The number of hydrogen-bond donors (Lipinski definition) is 1. The molecule has 1 amide bonds. The summed E-state index contributed by atoms with van der Waals surface area (Å²) in [4.78, 5) is 12.3. The molecule has 0 aliphatic rings. The number of carbonyl (C=O) groups is 1. The van der Waals surface area contributed by atoms with Gasteiger partial charge in [-0.25, -0.2) is 8.42 Å². The minimum atomic E-state index is -3.44. The molecule has 2 aromatic rings. The molecule has 0 unspecified atom stereocenters. The summed E-state index contributed by atoms with van der Waals surface area (Å²) in [6.07, 6.45) is 0. The molecule has 7 heteroatoms. The summed E-state index contributed by atoms with van der Waals surface area (Å²) >= 11 is 1.24. The van der Waals surface area contributed by atoms with E-state index in [1.54, 1.807) is 25.3 Å². The topological polar surface area (TPSA) is 87.0 Å². The van der Waals surface area contributed by atoms with Crippen molar-refractivity contribution in [3.63, 3.8) is 0 Å². The summed E-state index contributed by atoms with van der Waals surface area (Å²) in [7, 11) is -3.44. The van der Waals surface area contributed by atoms with Crippen LogP contribution in [-0.4, -0.2) is 19.6 Å². The lowest BCUT2D eigenvalue weighted by atomic mass is 10.2. The Morgan fingerprint density at radius 2 is 2.05 bits per heavy atom. The minimum absolute atomic E-state index is 0.113. The Hall–Kier alpha value is -2.17. The van der Waals surface area contributed by atoms with Gasteiger partial charge in [-0.3, -0.25) is 4.79 Å². The Morgan fingerprint density at radius 3 is 2.68 bits per heavy atom. The van der Waals surface area contributed by atoms with Gasteiger partial charge in [0.15, 0.2) is 9.84 Å². The van der Waals surface area contributed by atoms with Crippen LogP contribution in [0.4, 0.5) is 5.00 Å². The second-order valence-electron chi connectivity index (χ2n) is 4.85. The second-order valence-corrected chi connectivity index (χ2v) is 8.27. The van der Waals surface area contributed by atoms with Crippen molar-refractivity contribution in [1.82, 2.24) is 0 Å². The van der Waals surface area contributed by atoms with E-state index < -0.39 is 21.0 Å². The van der Waals surface area contributed by atoms with E-state index in [1.165, 1.54) is 35.6 Å². The SMILES string of the molecule is CC(C)S(=O)(=O)c1cccc(C(=O)Nc2sccc2C#N)c1. The monoisotopic (exact) mass is 334 g/mol. The van der Waals surface area contributed by atoms with E-state index >= 15 is 0 Å². The lowest BCUT2D eigenvalue weighted by molar-refractivity contribution is 0.102. The molecule has 1 aromatic carbocycles. The maximum atomic E-state index is 12.2. The zero-order valence-electron chi connectivity index (χ0n) is 12.0. The van der Waals surface area contributed by atoms with E-state index in [2.05, 4.69) is 5.32 Å². The quantitative estimate of drug-likeness (QED) is 0.931. The number of nitrogens with zero attached hydrogens (tertiary/aromatic N) is 1. The molecule has 0 aliphatic heterocycles. The molecular formula is C15H14N2O3S2. The molecule has 114 valence electrons. The Morgan fingerprint density at radius 1 is 1.32 bits per heavy atom. The number of nitriles is 1. The standard InChI is InChI=1S/C15H14N2O3S2/c1-10(2)22(19,20)13-5-3-4-11(8-13)14(18)17-15-12(9-16)6-7-21-15/h3-8,10H,1-2H3,(H,17,18). The summed E-state index contributed by atoms with van der Waals surface area (Å²) < 4.78 is 24.3. The van der Waals surface area contributed by atoms with E-state index in [9.17, 15) is 13.2 Å². The van der Waals surface area contributed by atoms with E-state index in [0.29, 0.717) is 10.6 Å². The highest BCUT2D eigenvalue weighted by Crippen LogP contribution is 2.23. The second kappa shape index (κ2) is 6.30. The first kappa shape index (κ1) is 16.2. The molecule has 0 spiro atoms. The third-order valence-electron chi connectivity index (χ3n) is 3.06. The van der Waals surface area contributed by atoms with Crippen molar-refractivity contribution in [2.45, 2.75) is 24.0 Å². The van der Waals surface area contributed by atoms with Crippen molar-refractivity contribution in [3.05, 3.63) is 46.8 Å². The average Bonchev–Trinajstić information content (AvgIpc) is 2.94. The number of benzene rings is 1. The van der Waals surface area contributed by atoms with Crippen LogP contribution < -0.4 is 5.32 Å². The van der Waals surface area contributed by atoms with Gasteiger partial charge >= 0.3 is 0 Å². The van der Waals surface area contributed by atoms with Crippen LogP contribution in [0.3, 0.4) is 0 Å². The lowest BCUT2D eigenvalue weighted by Gasteiger charge is -2.09. The summed E-state index contributed by atoms with van der Waals surface area (Å²) in [6, 6.07) is 9.48. The van der Waals surface area contributed by atoms with Gasteiger partial charge in [-0.2, -0.15) is 5.26 Å².